The SMILES string of the molecule is CC1(C)C(O)CC1c1ccc(Br)s1. The highest BCUT2D eigenvalue weighted by atomic mass is 79.9. The van der Waals surface area contributed by atoms with Crippen molar-refractivity contribution in [3.8, 4) is 0 Å². The van der Waals surface area contributed by atoms with Crippen LogP contribution in [0.1, 0.15) is 31.1 Å². The third-order valence-corrected chi connectivity index (χ3v) is 4.89. The van der Waals surface area contributed by atoms with Crippen molar-refractivity contribution in [2.75, 3.05) is 0 Å². The number of hydrogen-bond acceptors (Lipinski definition) is 2. The van der Waals surface area contributed by atoms with Gasteiger partial charge in [0.1, 0.15) is 0 Å². The van der Waals surface area contributed by atoms with Crippen LogP contribution in [-0.2, 0) is 0 Å². The Morgan fingerprint density at radius 3 is 2.62 bits per heavy atom. The first-order chi connectivity index (χ1) is 6.01. The monoisotopic (exact) mass is 260 g/mol. The summed E-state index contributed by atoms with van der Waals surface area (Å²) in [7, 11) is 0. The van der Waals surface area contributed by atoms with Crippen molar-refractivity contribution >= 4 is 27.3 Å². The molecule has 0 amide bonds. The Hall–Kier alpha value is 0.140. The average Bonchev–Trinajstić information content (AvgIpc) is 2.47. The lowest BCUT2D eigenvalue weighted by Gasteiger charge is -2.49. The van der Waals surface area contributed by atoms with E-state index in [1.165, 1.54) is 8.66 Å². The largest absolute Gasteiger partial charge is 0.393 e. The predicted octanol–water partition coefficient (Wildman–Crippen LogP) is 3.39. The smallest absolute Gasteiger partial charge is 0.0701 e. The highest BCUT2D eigenvalue weighted by Gasteiger charge is 2.48. The Balaban J connectivity index is 2.21. The van der Waals surface area contributed by atoms with E-state index in [2.05, 4.69) is 41.9 Å². The van der Waals surface area contributed by atoms with E-state index in [4.69, 9.17) is 0 Å². The Kier molecular flexibility index (Phi) is 2.29. The summed E-state index contributed by atoms with van der Waals surface area (Å²) >= 11 is 5.24. The second-order valence-electron chi connectivity index (χ2n) is 4.27. The lowest BCUT2D eigenvalue weighted by molar-refractivity contribution is -0.0613. The Morgan fingerprint density at radius 1 is 1.54 bits per heavy atom. The molecule has 1 nitrogen and oxygen atoms in total. The molecule has 0 saturated heterocycles. The van der Waals surface area contributed by atoms with E-state index in [1.54, 1.807) is 11.3 Å². The second-order valence-corrected chi connectivity index (χ2v) is 6.76. The fraction of sp³-hybridized carbons (Fsp3) is 0.600. The Labute approximate surface area is 90.9 Å². The molecule has 0 bridgehead atoms. The second kappa shape index (κ2) is 3.07. The van der Waals surface area contributed by atoms with Gasteiger partial charge < -0.3 is 5.11 Å². The van der Waals surface area contributed by atoms with E-state index < -0.39 is 0 Å². The molecule has 0 aromatic carbocycles. The molecule has 2 atom stereocenters. The molecule has 1 aromatic rings. The third kappa shape index (κ3) is 1.47. The lowest BCUT2D eigenvalue weighted by atomic mass is 9.60. The van der Waals surface area contributed by atoms with Crippen LogP contribution in [0.3, 0.4) is 0 Å². The Morgan fingerprint density at radius 2 is 2.23 bits per heavy atom. The van der Waals surface area contributed by atoms with E-state index >= 15 is 0 Å². The van der Waals surface area contributed by atoms with Gasteiger partial charge in [0, 0.05) is 10.8 Å². The van der Waals surface area contributed by atoms with E-state index in [0.29, 0.717) is 5.92 Å². The molecule has 1 N–H and O–H groups in total. The molecule has 1 heterocycles. The number of hydrogen-bond donors (Lipinski definition) is 1. The van der Waals surface area contributed by atoms with Crippen molar-refractivity contribution in [2.45, 2.75) is 32.3 Å². The molecule has 3 heteroatoms. The summed E-state index contributed by atoms with van der Waals surface area (Å²) in [6.07, 6.45) is 0.790. The van der Waals surface area contributed by atoms with Gasteiger partial charge in [0.15, 0.2) is 0 Å². The molecule has 0 spiro atoms. The summed E-state index contributed by atoms with van der Waals surface area (Å²) < 4.78 is 1.18. The normalized spacial score (nSPS) is 31.4. The maximum Gasteiger partial charge on any atom is 0.0701 e. The van der Waals surface area contributed by atoms with Crippen molar-refractivity contribution in [1.29, 1.82) is 0 Å². The Bertz CT molecular complexity index is 318. The van der Waals surface area contributed by atoms with Gasteiger partial charge in [-0.15, -0.1) is 11.3 Å². The number of aliphatic hydroxyl groups is 1. The average molecular weight is 261 g/mol. The fourth-order valence-corrected chi connectivity index (χ4v) is 3.63. The van der Waals surface area contributed by atoms with Gasteiger partial charge in [0.2, 0.25) is 0 Å². The number of thiophene rings is 1. The van der Waals surface area contributed by atoms with Gasteiger partial charge in [0.05, 0.1) is 9.89 Å². The van der Waals surface area contributed by atoms with Gasteiger partial charge in [-0.1, -0.05) is 13.8 Å². The fourth-order valence-electron chi connectivity index (χ4n) is 1.90. The van der Waals surface area contributed by atoms with Gasteiger partial charge in [-0.2, -0.15) is 0 Å². The quantitative estimate of drug-likeness (QED) is 0.821. The number of rotatable bonds is 1. The summed E-state index contributed by atoms with van der Waals surface area (Å²) in [4.78, 5) is 1.39. The summed E-state index contributed by atoms with van der Waals surface area (Å²) in [5.41, 5.74) is 0.0598. The molecule has 72 valence electrons. The molecule has 1 aromatic heterocycles. The van der Waals surface area contributed by atoms with Crippen molar-refractivity contribution in [3.05, 3.63) is 20.8 Å². The van der Waals surface area contributed by atoms with Crippen LogP contribution in [0.5, 0.6) is 0 Å². The zero-order valence-corrected chi connectivity index (χ0v) is 10.2. The molecule has 0 aliphatic heterocycles. The lowest BCUT2D eigenvalue weighted by Crippen LogP contribution is -2.46. The third-order valence-electron chi connectivity index (χ3n) is 3.15. The summed E-state index contributed by atoms with van der Waals surface area (Å²) in [5, 5.41) is 9.61. The van der Waals surface area contributed by atoms with E-state index in [0.717, 1.165) is 6.42 Å². The van der Waals surface area contributed by atoms with E-state index in [1.807, 2.05) is 0 Å². The molecule has 1 fully saturated rings. The van der Waals surface area contributed by atoms with Crippen LogP contribution < -0.4 is 0 Å². The van der Waals surface area contributed by atoms with Crippen LogP contribution in [0.2, 0.25) is 0 Å². The highest BCUT2D eigenvalue weighted by molar-refractivity contribution is 9.11. The first kappa shape index (κ1) is 9.69. The first-order valence-corrected chi connectivity index (χ1v) is 6.06. The van der Waals surface area contributed by atoms with Gasteiger partial charge in [-0.05, 0) is 39.9 Å². The van der Waals surface area contributed by atoms with Crippen LogP contribution in [0.4, 0.5) is 0 Å². The minimum absolute atomic E-state index is 0.0598. The van der Waals surface area contributed by atoms with Crippen LogP contribution in [0.25, 0.3) is 0 Å². The zero-order valence-electron chi connectivity index (χ0n) is 7.75. The highest BCUT2D eigenvalue weighted by Crippen LogP contribution is 2.54. The van der Waals surface area contributed by atoms with Crippen molar-refractivity contribution in [1.82, 2.24) is 0 Å². The predicted molar refractivity (Wildman–Crippen MR) is 59.2 cm³/mol. The molecular weight excluding hydrogens is 248 g/mol. The van der Waals surface area contributed by atoms with Gasteiger partial charge >= 0.3 is 0 Å². The molecule has 0 radical (unpaired) electrons. The van der Waals surface area contributed by atoms with Crippen molar-refractivity contribution < 1.29 is 5.11 Å². The van der Waals surface area contributed by atoms with E-state index in [9.17, 15) is 5.11 Å². The van der Waals surface area contributed by atoms with Crippen LogP contribution in [0, 0.1) is 5.41 Å². The van der Waals surface area contributed by atoms with Gasteiger partial charge in [-0.25, -0.2) is 0 Å². The summed E-state index contributed by atoms with van der Waals surface area (Å²) in [6, 6.07) is 4.24. The zero-order chi connectivity index (χ0) is 9.64. The van der Waals surface area contributed by atoms with Crippen molar-refractivity contribution in [3.63, 3.8) is 0 Å². The van der Waals surface area contributed by atoms with E-state index in [-0.39, 0.29) is 11.5 Å². The molecule has 1 saturated carbocycles. The van der Waals surface area contributed by atoms with Crippen LogP contribution >= 0.6 is 27.3 Å². The first-order valence-electron chi connectivity index (χ1n) is 4.45. The minimum atomic E-state index is -0.127. The summed E-state index contributed by atoms with van der Waals surface area (Å²) in [5.74, 6) is 0.541. The minimum Gasteiger partial charge on any atom is -0.393 e. The summed E-state index contributed by atoms with van der Waals surface area (Å²) in [6.45, 7) is 4.28. The molecule has 13 heavy (non-hydrogen) atoms. The number of halogens is 1. The van der Waals surface area contributed by atoms with Crippen molar-refractivity contribution in [2.24, 2.45) is 5.41 Å². The molecular formula is C10H13BrOS. The van der Waals surface area contributed by atoms with Gasteiger partial charge in [0.25, 0.3) is 0 Å². The molecule has 1 aliphatic rings. The molecule has 1 aliphatic carbocycles. The standard InChI is InChI=1S/C10H13BrOS/c1-10(2)6(5-8(10)12)7-3-4-9(11)13-7/h3-4,6,8,12H,5H2,1-2H3. The maximum absolute atomic E-state index is 9.61. The molecule has 2 rings (SSSR count). The van der Waals surface area contributed by atoms with Gasteiger partial charge in [-0.3, -0.25) is 0 Å². The van der Waals surface area contributed by atoms with Crippen LogP contribution in [-0.4, -0.2) is 11.2 Å². The maximum atomic E-state index is 9.61. The van der Waals surface area contributed by atoms with Crippen LogP contribution in [0.15, 0.2) is 15.9 Å². The number of aliphatic hydroxyl groups excluding tert-OH is 1. The topological polar surface area (TPSA) is 20.2 Å². The molecule has 2 unspecified atom stereocenters.